The Morgan fingerprint density at radius 1 is 1.12 bits per heavy atom. The van der Waals surface area contributed by atoms with E-state index in [2.05, 4.69) is 10.4 Å². The molecule has 1 amide bonds. The van der Waals surface area contributed by atoms with Gasteiger partial charge in [-0.05, 0) is 68.7 Å². The van der Waals surface area contributed by atoms with E-state index >= 15 is 0 Å². The van der Waals surface area contributed by atoms with Gasteiger partial charge in [0, 0.05) is 17.8 Å². The molecule has 3 rings (SSSR count). The number of anilines is 1. The highest BCUT2D eigenvalue weighted by atomic mass is 19.1. The Hall–Kier alpha value is -2.95. The Balaban J connectivity index is 1.70. The summed E-state index contributed by atoms with van der Waals surface area (Å²) in [6, 6.07) is 14.3. The number of rotatable bonds is 5. The summed E-state index contributed by atoms with van der Waals surface area (Å²) < 4.78 is 15.1. The molecule has 134 valence electrons. The molecule has 0 radical (unpaired) electrons. The third-order valence-electron chi connectivity index (χ3n) is 4.51. The van der Waals surface area contributed by atoms with Gasteiger partial charge >= 0.3 is 0 Å². The molecule has 0 atom stereocenters. The lowest BCUT2D eigenvalue weighted by Gasteiger charge is -2.09. The van der Waals surface area contributed by atoms with Crippen LogP contribution in [0.2, 0.25) is 0 Å². The molecule has 3 aromatic rings. The minimum absolute atomic E-state index is 0.0917. The number of para-hydroxylation sites is 1. The van der Waals surface area contributed by atoms with Crippen molar-refractivity contribution in [2.75, 3.05) is 5.32 Å². The fourth-order valence-electron chi connectivity index (χ4n) is 3.08. The summed E-state index contributed by atoms with van der Waals surface area (Å²) in [6.07, 6.45) is 0.954. The van der Waals surface area contributed by atoms with E-state index in [1.807, 2.05) is 48.9 Å². The zero-order valence-electron chi connectivity index (χ0n) is 15.2. The molecule has 2 aromatic carbocycles. The van der Waals surface area contributed by atoms with Gasteiger partial charge in [-0.25, -0.2) is 9.07 Å². The first-order valence-electron chi connectivity index (χ1n) is 8.62. The topological polar surface area (TPSA) is 46.9 Å². The van der Waals surface area contributed by atoms with Gasteiger partial charge in [0.25, 0.3) is 0 Å². The van der Waals surface area contributed by atoms with E-state index in [0.29, 0.717) is 24.1 Å². The molecular formula is C21H22FN3O. The number of aromatic nitrogens is 2. The van der Waals surface area contributed by atoms with Crippen molar-refractivity contribution in [3.8, 4) is 5.69 Å². The summed E-state index contributed by atoms with van der Waals surface area (Å²) in [6.45, 7) is 5.75. The van der Waals surface area contributed by atoms with Crippen molar-refractivity contribution in [1.29, 1.82) is 0 Å². The van der Waals surface area contributed by atoms with Crippen LogP contribution >= 0.6 is 0 Å². The first kappa shape index (κ1) is 17.9. The van der Waals surface area contributed by atoms with Gasteiger partial charge in [-0.3, -0.25) is 4.79 Å². The SMILES string of the molecule is Cc1cc(F)ccc1NC(=O)CCc1c(C)nn(-c2ccccc2)c1C. The Morgan fingerprint density at radius 2 is 1.85 bits per heavy atom. The van der Waals surface area contributed by atoms with Crippen LogP contribution in [0, 0.1) is 26.6 Å². The van der Waals surface area contributed by atoms with Crippen molar-refractivity contribution in [2.45, 2.75) is 33.6 Å². The number of nitrogens with zero attached hydrogens (tertiary/aromatic N) is 2. The maximum absolute atomic E-state index is 13.2. The van der Waals surface area contributed by atoms with Crippen LogP contribution in [-0.2, 0) is 11.2 Å². The van der Waals surface area contributed by atoms with Crippen molar-refractivity contribution in [3.05, 3.63) is 76.9 Å². The molecule has 0 saturated carbocycles. The zero-order valence-corrected chi connectivity index (χ0v) is 15.2. The molecule has 5 heteroatoms. The summed E-state index contributed by atoms with van der Waals surface area (Å²) >= 11 is 0. The Labute approximate surface area is 152 Å². The van der Waals surface area contributed by atoms with Crippen LogP contribution in [0.1, 0.15) is 28.9 Å². The highest BCUT2D eigenvalue weighted by Gasteiger charge is 2.14. The standard InChI is InChI=1S/C21H22FN3O/c1-14-13-17(22)9-11-20(14)23-21(26)12-10-19-15(2)24-25(16(19)3)18-7-5-4-6-8-18/h4-9,11,13H,10,12H2,1-3H3,(H,23,26). The molecule has 0 bridgehead atoms. The van der Waals surface area contributed by atoms with Crippen molar-refractivity contribution < 1.29 is 9.18 Å². The molecule has 0 aliphatic rings. The summed E-state index contributed by atoms with van der Waals surface area (Å²) in [5.41, 5.74) is 5.41. The van der Waals surface area contributed by atoms with Crippen LogP contribution < -0.4 is 5.32 Å². The highest BCUT2D eigenvalue weighted by molar-refractivity contribution is 5.91. The maximum Gasteiger partial charge on any atom is 0.224 e. The Morgan fingerprint density at radius 3 is 2.54 bits per heavy atom. The van der Waals surface area contributed by atoms with E-state index in [0.717, 1.165) is 22.6 Å². The summed E-state index contributed by atoms with van der Waals surface area (Å²) in [7, 11) is 0. The van der Waals surface area contributed by atoms with Gasteiger partial charge in [-0.1, -0.05) is 18.2 Å². The van der Waals surface area contributed by atoms with Crippen LogP contribution in [0.3, 0.4) is 0 Å². The van der Waals surface area contributed by atoms with Crippen LogP contribution in [0.5, 0.6) is 0 Å². The predicted octanol–water partition coefficient (Wildman–Crippen LogP) is 4.51. The number of aryl methyl sites for hydroxylation is 2. The predicted molar refractivity (Wildman–Crippen MR) is 101 cm³/mol. The van der Waals surface area contributed by atoms with Gasteiger partial charge in [0.05, 0.1) is 11.4 Å². The second kappa shape index (κ2) is 7.52. The monoisotopic (exact) mass is 351 g/mol. The van der Waals surface area contributed by atoms with Crippen LogP contribution in [-0.4, -0.2) is 15.7 Å². The number of amides is 1. The van der Waals surface area contributed by atoms with Crippen molar-refractivity contribution >= 4 is 11.6 Å². The van der Waals surface area contributed by atoms with Crippen LogP contribution in [0.25, 0.3) is 5.69 Å². The molecule has 0 unspecified atom stereocenters. The van der Waals surface area contributed by atoms with E-state index in [-0.39, 0.29) is 11.7 Å². The fourth-order valence-corrected chi connectivity index (χ4v) is 3.08. The summed E-state index contributed by atoms with van der Waals surface area (Å²) in [5.74, 6) is -0.397. The first-order chi connectivity index (χ1) is 12.5. The van der Waals surface area contributed by atoms with Gasteiger partial charge in [0.1, 0.15) is 5.82 Å². The lowest BCUT2D eigenvalue weighted by molar-refractivity contribution is -0.116. The molecule has 1 N–H and O–H groups in total. The molecular weight excluding hydrogens is 329 g/mol. The minimum atomic E-state index is -0.305. The van der Waals surface area contributed by atoms with Gasteiger partial charge in [-0.2, -0.15) is 5.10 Å². The van der Waals surface area contributed by atoms with Crippen molar-refractivity contribution in [3.63, 3.8) is 0 Å². The number of nitrogens with one attached hydrogen (secondary N) is 1. The van der Waals surface area contributed by atoms with E-state index in [9.17, 15) is 9.18 Å². The number of carbonyl (C=O) groups is 1. The van der Waals surface area contributed by atoms with Crippen LogP contribution in [0.15, 0.2) is 48.5 Å². The molecule has 0 saturated heterocycles. The fraction of sp³-hybridized carbons (Fsp3) is 0.238. The maximum atomic E-state index is 13.2. The number of benzene rings is 2. The first-order valence-corrected chi connectivity index (χ1v) is 8.62. The Kier molecular flexibility index (Phi) is 5.16. The summed E-state index contributed by atoms with van der Waals surface area (Å²) in [5, 5.41) is 7.46. The number of hydrogen-bond acceptors (Lipinski definition) is 2. The molecule has 0 aliphatic heterocycles. The van der Waals surface area contributed by atoms with Gasteiger partial charge < -0.3 is 5.32 Å². The van der Waals surface area contributed by atoms with E-state index in [1.165, 1.54) is 12.1 Å². The van der Waals surface area contributed by atoms with E-state index in [1.54, 1.807) is 13.0 Å². The molecule has 1 aromatic heterocycles. The van der Waals surface area contributed by atoms with Crippen molar-refractivity contribution in [2.24, 2.45) is 0 Å². The number of carbonyl (C=O) groups excluding carboxylic acids is 1. The van der Waals surface area contributed by atoms with Crippen LogP contribution in [0.4, 0.5) is 10.1 Å². The van der Waals surface area contributed by atoms with E-state index < -0.39 is 0 Å². The number of hydrogen-bond donors (Lipinski definition) is 1. The second-order valence-corrected chi connectivity index (χ2v) is 6.40. The molecule has 0 fully saturated rings. The number of halogens is 1. The van der Waals surface area contributed by atoms with Gasteiger partial charge in [-0.15, -0.1) is 0 Å². The molecule has 4 nitrogen and oxygen atoms in total. The zero-order chi connectivity index (χ0) is 18.7. The van der Waals surface area contributed by atoms with E-state index in [4.69, 9.17) is 0 Å². The second-order valence-electron chi connectivity index (χ2n) is 6.40. The normalized spacial score (nSPS) is 10.8. The molecule has 0 aliphatic carbocycles. The lowest BCUT2D eigenvalue weighted by atomic mass is 10.1. The van der Waals surface area contributed by atoms with Crippen molar-refractivity contribution in [1.82, 2.24) is 9.78 Å². The molecule has 0 spiro atoms. The average Bonchev–Trinajstić information content (AvgIpc) is 2.90. The third-order valence-corrected chi connectivity index (χ3v) is 4.51. The highest BCUT2D eigenvalue weighted by Crippen LogP contribution is 2.20. The molecule has 1 heterocycles. The smallest absolute Gasteiger partial charge is 0.224 e. The lowest BCUT2D eigenvalue weighted by Crippen LogP contribution is -2.13. The van der Waals surface area contributed by atoms with Gasteiger partial charge in [0.2, 0.25) is 5.91 Å². The third kappa shape index (κ3) is 3.82. The average molecular weight is 351 g/mol. The largest absolute Gasteiger partial charge is 0.326 e. The Bertz CT molecular complexity index is 932. The van der Waals surface area contributed by atoms with Gasteiger partial charge in [0.15, 0.2) is 0 Å². The quantitative estimate of drug-likeness (QED) is 0.735. The molecule has 26 heavy (non-hydrogen) atoms. The minimum Gasteiger partial charge on any atom is -0.326 e. The summed E-state index contributed by atoms with van der Waals surface area (Å²) in [4.78, 5) is 12.3.